The van der Waals surface area contributed by atoms with Gasteiger partial charge in [-0.1, -0.05) is 12.2 Å². The number of nitrogens with one attached hydrogen (secondary N) is 1. The Morgan fingerprint density at radius 2 is 1.96 bits per heavy atom. The van der Waals surface area contributed by atoms with Crippen LogP contribution in [0.5, 0.6) is 11.5 Å². The van der Waals surface area contributed by atoms with E-state index in [2.05, 4.69) is 33.9 Å². The number of nitrogens with two attached hydrogens (primary N) is 1. The fourth-order valence-corrected chi connectivity index (χ4v) is 2.75. The van der Waals surface area contributed by atoms with Gasteiger partial charge in [-0.3, -0.25) is 4.90 Å². The number of nitrogens with zero attached hydrogens (tertiary/aromatic N) is 2. The third-order valence-corrected chi connectivity index (χ3v) is 4.05. The lowest BCUT2D eigenvalue weighted by Crippen LogP contribution is -2.40. The van der Waals surface area contributed by atoms with Crippen molar-refractivity contribution in [3.8, 4) is 11.5 Å². The molecule has 1 aliphatic rings. The summed E-state index contributed by atoms with van der Waals surface area (Å²) in [5, 5.41) is 3.15. The van der Waals surface area contributed by atoms with Gasteiger partial charge in [-0.25, -0.2) is 4.99 Å². The van der Waals surface area contributed by atoms with Crippen LogP contribution in [0, 0.1) is 0 Å². The standard InChI is InChI=1S/C18H28N4O2/c1-13(2)11-21-18(19)20-6-8-22-7-5-14-9-16(23-3)17(24-4)10-15(14)12-22/h9-10H,1,5-8,11-12H2,2-4H3,(H3,19,20,21). The molecule has 1 aliphatic heterocycles. The Morgan fingerprint density at radius 3 is 2.58 bits per heavy atom. The summed E-state index contributed by atoms with van der Waals surface area (Å²) in [5.74, 6) is 2.06. The van der Waals surface area contributed by atoms with E-state index in [-0.39, 0.29) is 0 Å². The lowest BCUT2D eigenvalue weighted by molar-refractivity contribution is 0.256. The molecule has 0 aromatic heterocycles. The molecule has 6 nitrogen and oxygen atoms in total. The quantitative estimate of drug-likeness (QED) is 0.450. The first kappa shape index (κ1) is 18.1. The summed E-state index contributed by atoms with van der Waals surface area (Å²) in [6.45, 7) is 9.92. The number of aliphatic imine (C=N–C) groups is 1. The third-order valence-electron chi connectivity index (χ3n) is 4.05. The van der Waals surface area contributed by atoms with E-state index in [9.17, 15) is 0 Å². The number of benzene rings is 1. The van der Waals surface area contributed by atoms with Gasteiger partial charge in [0.15, 0.2) is 17.5 Å². The molecule has 0 fully saturated rings. The maximum atomic E-state index is 5.83. The van der Waals surface area contributed by atoms with Gasteiger partial charge in [0, 0.05) is 26.2 Å². The van der Waals surface area contributed by atoms with Crippen molar-refractivity contribution < 1.29 is 9.47 Å². The number of rotatable bonds is 7. The molecular weight excluding hydrogens is 304 g/mol. The predicted octanol–water partition coefficient (Wildman–Crippen LogP) is 1.54. The first-order chi connectivity index (χ1) is 11.5. The number of hydrogen-bond donors (Lipinski definition) is 2. The van der Waals surface area contributed by atoms with Gasteiger partial charge in [-0.2, -0.15) is 0 Å². The molecule has 1 heterocycles. The number of ether oxygens (including phenoxy) is 2. The van der Waals surface area contributed by atoms with Crippen LogP contribution in [-0.2, 0) is 13.0 Å². The van der Waals surface area contributed by atoms with E-state index < -0.39 is 0 Å². The molecule has 0 aliphatic carbocycles. The number of guanidine groups is 1. The molecule has 0 amide bonds. The molecule has 0 radical (unpaired) electrons. The van der Waals surface area contributed by atoms with Crippen molar-refractivity contribution in [1.82, 2.24) is 10.2 Å². The highest BCUT2D eigenvalue weighted by Gasteiger charge is 2.19. The van der Waals surface area contributed by atoms with E-state index in [0.29, 0.717) is 12.5 Å². The fraction of sp³-hybridized carbons (Fsp3) is 0.500. The van der Waals surface area contributed by atoms with Crippen LogP contribution in [0.25, 0.3) is 0 Å². The van der Waals surface area contributed by atoms with Crippen LogP contribution < -0.4 is 20.5 Å². The predicted molar refractivity (Wildman–Crippen MR) is 97.8 cm³/mol. The largest absolute Gasteiger partial charge is 0.493 e. The topological polar surface area (TPSA) is 72.1 Å². The Hall–Kier alpha value is -2.21. The van der Waals surface area contributed by atoms with Crippen LogP contribution in [0.3, 0.4) is 0 Å². The number of methoxy groups -OCH3 is 2. The van der Waals surface area contributed by atoms with Gasteiger partial charge in [0.05, 0.1) is 20.8 Å². The monoisotopic (exact) mass is 332 g/mol. The molecule has 6 heteroatoms. The van der Waals surface area contributed by atoms with Gasteiger partial charge in [-0.05, 0) is 36.6 Å². The Bertz CT molecular complexity index is 613. The van der Waals surface area contributed by atoms with E-state index in [1.54, 1.807) is 14.2 Å². The first-order valence-corrected chi connectivity index (χ1v) is 8.17. The lowest BCUT2D eigenvalue weighted by atomic mass is 9.99. The zero-order valence-electron chi connectivity index (χ0n) is 14.9. The summed E-state index contributed by atoms with van der Waals surface area (Å²) in [6, 6.07) is 4.17. The van der Waals surface area contributed by atoms with Crippen LogP contribution >= 0.6 is 0 Å². The van der Waals surface area contributed by atoms with Crippen molar-refractivity contribution >= 4 is 5.96 Å². The Kier molecular flexibility index (Phi) is 6.49. The summed E-state index contributed by atoms with van der Waals surface area (Å²) >= 11 is 0. The Balaban J connectivity index is 1.88. The Labute approximate surface area is 144 Å². The zero-order valence-corrected chi connectivity index (χ0v) is 14.9. The molecule has 0 saturated carbocycles. The van der Waals surface area contributed by atoms with Gasteiger partial charge >= 0.3 is 0 Å². The van der Waals surface area contributed by atoms with Crippen molar-refractivity contribution in [2.45, 2.75) is 19.9 Å². The highest BCUT2D eigenvalue weighted by molar-refractivity contribution is 5.77. The molecule has 132 valence electrons. The molecule has 0 saturated heterocycles. The summed E-state index contributed by atoms with van der Waals surface area (Å²) in [7, 11) is 3.34. The van der Waals surface area contributed by atoms with Crippen molar-refractivity contribution in [2.24, 2.45) is 10.7 Å². The van der Waals surface area contributed by atoms with Gasteiger partial charge in [0.1, 0.15) is 0 Å². The average Bonchev–Trinajstić information content (AvgIpc) is 2.58. The third kappa shape index (κ3) is 4.89. The van der Waals surface area contributed by atoms with Crippen LogP contribution in [0.2, 0.25) is 0 Å². The minimum Gasteiger partial charge on any atom is -0.493 e. The normalized spacial score (nSPS) is 14.9. The van der Waals surface area contributed by atoms with E-state index in [1.165, 1.54) is 11.1 Å². The van der Waals surface area contributed by atoms with Crippen molar-refractivity contribution in [3.63, 3.8) is 0 Å². The molecule has 24 heavy (non-hydrogen) atoms. The molecule has 0 unspecified atom stereocenters. The van der Waals surface area contributed by atoms with Gasteiger partial charge in [-0.15, -0.1) is 0 Å². The highest BCUT2D eigenvalue weighted by atomic mass is 16.5. The van der Waals surface area contributed by atoms with Crippen molar-refractivity contribution in [3.05, 3.63) is 35.4 Å². The lowest BCUT2D eigenvalue weighted by Gasteiger charge is -2.29. The molecule has 2 rings (SSSR count). The van der Waals surface area contributed by atoms with E-state index in [1.807, 2.05) is 6.92 Å². The van der Waals surface area contributed by atoms with E-state index in [4.69, 9.17) is 15.2 Å². The number of hydrogen-bond acceptors (Lipinski definition) is 4. The maximum Gasteiger partial charge on any atom is 0.188 e. The molecular formula is C18H28N4O2. The summed E-state index contributed by atoms with van der Waals surface area (Å²) in [5.41, 5.74) is 9.46. The molecule has 1 aromatic rings. The van der Waals surface area contributed by atoms with Gasteiger partial charge in [0.2, 0.25) is 0 Å². The second-order valence-electron chi connectivity index (χ2n) is 6.09. The molecule has 3 N–H and O–H groups in total. The van der Waals surface area contributed by atoms with Crippen molar-refractivity contribution in [2.75, 3.05) is 40.4 Å². The average molecular weight is 332 g/mol. The smallest absolute Gasteiger partial charge is 0.188 e. The van der Waals surface area contributed by atoms with Crippen molar-refractivity contribution in [1.29, 1.82) is 0 Å². The highest BCUT2D eigenvalue weighted by Crippen LogP contribution is 2.33. The fourth-order valence-electron chi connectivity index (χ4n) is 2.75. The summed E-state index contributed by atoms with van der Waals surface area (Å²) in [4.78, 5) is 6.61. The van der Waals surface area contributed by atoms with Gasteiger partial charge in [0.25, 0.3) is 0 Å². The minimum atomic E-state index is 0.474. The second-order valence-corrected chi connectivity index (χ2v) is 6.09. The maximum absolute atomic E-state index is 5.83. The van der Waals surface area contributed by atoms with Crippen LogP contribution in [0.15, 0.2) is 29.3 Å². The summed E-state index contributed by atoms with van der Waals surface area (Å²) < 4.78 is 10.8. The number of fused-ring (bicyclic) bond motifs is 1. The van der Waals surface area contributed by atoms with E-state index >= 15 is 0 Å². The van der Waals surface area contributed by atoms with E-state index in [0.717, 1.165) is 49.7 Å². The zero-order chi connectivity index (χ0) is 17.5. The summed E-state index contributed by atoms with van der Waals surface area (Å²) in [6.07, 6.45) is 1.01. The molecule has 0 spiro atoms. The molecule has 0 atom stereocenters. The van der Waals surface area contributed by atoms with Gasteiger partial charge < -0.3 is 20.5 Å². The minimum absolute atomic E-state index is 0.474. The molecule has 0 bridgehead atoms. The second kappa shape index (κ2) is 8.59. The van der Waals surface area contributed by atoms with Crippen LogP contribution in [-0.4, -0.2) is 51.3 Å². The SMILES string of the molecule is C=C(C)CN=C(N)NCCN1CCc2cc(OC)c(OC)cc2C1. The first-order valence-electron chi connectivity index (χ1n) is 8.17. The van der Waals surface area contributed by atoms with Crippen LogP contribution in [0.4, 0.5) is 0 Å². The van der Waals surface area contributed by atoms with Crippen LogP contribution in [0.1, 0.15) is 18.1 Å². The molecule has 1 aromatic carbocycles. The Morgan fingerprint density at radius 1 is 1.29 bits per heavy atom.